The molecule has 0 fully saturated rings. The van der Waals surface area contributed by atoms with Gasteiger partial charge >= 0.3 is 0 Å². The number of anilines is 3. The average Bonchev–Trinajstić information content (AvgIpc) is 3.68. The Morgan fingerprint density at radius 3 is 1.63 bits per heavy atom. The molecule has 10 aromatic rings. The summed E-state index contributed by atoms with van der Waals surface area (Å²) in [6.07, 6.45) is 0. The van der Waals surface area contributed by atoms with Gasteiger partial charge in [-0.3, -0.25) is 0 Å². The largest absolute Gasteiger partial charge is 0.455 e. The zero-order chi connectivity index (χ0) is 42.6. The van der Waals surface area contributed by atoms with Crippen LogP contribution in [0.25, 0.3) is 77.2 Å². The van der Waals surface area contributed by atoms with Gasteiger partial charge in [0.05, 0.1) is 11.4 Å². The smallest absolute Gasteiger partial charge is 0.143 e. The Labute approximate surface area is 365 Å². The van der Waals surface area contributed by atoms with E-state index in [1.165, 1.54) is 49.7 Å². The van der Waals surface area contributed by atoms with Crippen LogP contribution < -0.4 is 4.90 Å². The lowest BCUT2D eigenvalue weighted by atomic mass is 9.78. The number of hydrogen-bond acceptors (Lipinski definition) is 2. The van der Waals surface area contributed by atoms with Crippen LogP contribution in [0.4, 0.5) is 17.1 Å². The molecule has 0 atom stereocenters. The van der Waals surface area contributed by atoms with E-state index in [0.29, 0.717) is 0 Å². The maximum atomic E-state index is 6.61. The van der Waals surface area contributed by atoms with Crippen molar-refractivity contribution < 1.29 is 4.42 Å². The van der Waals surface area contributed by atoms with E-state index in [1.54, 1.807) is 0 Å². The van der Waals surface area contributed by atoms with Gasteiger partial charge in [-0.1, -0.05) is 211 Å². The monoisotopic (exact) mass is 801 g/mol. The summed E-state index contributed by atoms with van der Waals surface area (Å²) in [5.41, 5.74) is 16.9. The van der Waals surface area contributed by atoms with Gasteiger partial charge in [0.15, 0.2) is 0 Å². The van der Waals surface area contributed by atoms with Crippen molar-refractivity contribution in [1.29, 1.82) is 0 Å². The van der Waals surface area contributed by atoms with Crippen molar-refractivity contribution >= 4 is 49.8 Å². The van der Waals surface area contributed by atoms with E-state index < -0.39 is 0 Å². The van der Waals surface area contributed by atoms with Crippen LogP contribution in [0.5, 0.6) is 0 Å². The molecule has 0 N–H and O–H groups in total. The van der Waals surface area contributed by atoms with Crippen molar-refractivity contribution in [2.45, 2.75) is 52.4 Å². The van der Waals surface area contributed by atoms with Gasteiger partial charge in [-0.25, -0.2) is 0 Å². The predicted octanol–water partition coefficient (Wildman–Crippen LogP) is 17.5. The fraction of sp³-hybridized carbons (Fsp3) is 0.133. The molecule has 9 aromatic carbocycles. The molecule has 0 bridgehead atoms. The predicted molar refractivity (Wildman–Crippen MR) is 265 cm³/mol. The van der Waals surface area contributed by atoms with Crippen LogP contribution in [-0.4, -0.2) is 0 Å². The third-order valence-electron chi connectivity index (χ3n) is 12.4. The van der Waals surface area contributed by atoms with Gasteiger partial charge in [0.1, 0.15) is 11.2 Å². The molecule has 0 aliphatic heterocycles. The summed E-state index contributed by atoms with van der Waals surface area (Å²) in [6, 6.07) is 73.1. The zero-order valence-electron chi connectivity index (χ0n) is 36.4. The van der Waals surface area contributed by atoms with Crippen molar-refractivity contribution in [3.8, 4) is 44.5 Å². The van der Waals surface area contributed by atoms with Crippen LogP contribution in [-0.2, 0) is 10.8 Å². The molecule has 0 saturated carbocycles. The number of rotatable bonds is 7. The van der Waals surface area contributed by atoms with Crippen LogP contribution in [0, 0.1) is 0 Å². The SMILES string of the molecule is CC(C)(C)c1cc(-c2ccccc2N(c2cccc(-c3cccc4c3oc3ccccc34)c2)c2ccccc2-c2cccc3cccc(-c4ccccc4)c23)cc(C(C)(C)C)c1. The molecule has 0 saturated heterocycles. The first-order valence-corrected chi connectivity index (χ1v) is 21.8. The lowest BCUT2D eigenvalue weighted by molar-refractivity contribution is 0.569. The molecule has 1 heterocycles. The van der Waals surface area contributed by atoms with E-state index in [1.807, 2.05) is 6.07 Å². The Bertz CT molecular complexity index is 3230. The highest BCUT2D eigenvalue weighted by atomic mass is 16.3. The van der Waals surface area contributed by atoms with Crippen molar-refractivity contribution in [1.82, 2.24) is 0 Å². The van der Waals surface area contributed by atoms with Gasteiger partial charge in [-0.05, 0) is 90.9 Å². The molecule has 0 amide bonds. The number of hydrogen-bond donors (Lipinski definition) is 0. The summed E-state index contributed by atoms with van der Waals surface area (Å²) in [6.45, 7) is 13.9. The van der Waals surface area contributed by atoms with Crippen LogP contribution >= 0.6 is 0 Å². The number of nitrogens with zero attached hydrogens (tertiary/aromatic N) is 1. The third-order valence-corrected chi connectivity index (χ3v) is 12.4. The first kappa shape index (κ1) is 39.0. The third kappa shape index (κ3) is 7.06. The van der Waals surface area contributed by atoms with Crippen LogP contribution in [0.1, 0.15) is 52.7 Å². The fourth-order valence-corrected chi connectivity index (χ4v) is 9.08. The van der Waals surface area contributed by atoms with Crippen LogP contribution in [0.15, 0.2) is 205 Å². The van der Waals surface area contributed by atoms with E-state index in [0.717, 1.165) is 55.7 Å². The van der Waals surface area contributed by atoms with Crippen LogP contribution in [0.3, 0.4) is 0 Å². The molecule has 10 rings (SSSR count). The van der Waals surface area contributed by atoms with Crippen molar-refractivity contribution in [2.24, 2.45) is 0 Å². The minimum atomic E-state index is -0.0337. The Morgan fingerprint density at radius 2 is 0.903 bits per heavy atom. The highest BCUT2D eigenvalue weighted by Crippen LogP contribution is 2.49. The first-order valence-electron chi connectivity index (χ1n) is 21.8. The number of fused-ring (bicyclic) bond motifs is 4. The van der Waals surface area contributed by atoms with E-state index >= 15 is 0 Å². The molecule has 2 nitrogen and oxygen atoms in total. The highest BCUT2D eigenvalue weighted by Gasteiger charge is 2.26. The van der Waals surface area contributed by atoms with Gasteiger partial charge in [0.25, 0.3) is 0 Å². The van der Waals surface area contributed by atoms with Crippen molar-refractivity contribution in [3.63, 3.8) is 0 Å². The second-order valence-corrected chi connectivity index (χ2v) is 18.6. The molecule has 0 spiro atoms. The molecule has 302 valence electrons. The van der Waals surface area contributed by atoms with Gasteiger partial charge in [-0.2, -0.15) is 0 Å². The Hall–Kier alpha value is -7.16. The topological polar surface area (TPSA) is 16.4 Å². The minimum Gasteiger partial charge on any atom is -0.455 e. The van der Waals surface area contributed by atoms with E-state index in [4.69, 9.17) is 4.42 Å². The summed E-state index contributed by atoms with van der Waals surface area (Å²) >= 11 is 0. The molecule has 0 aliphatic carbocycles. The molecular formula is C60H51NO. The van der Waals surface area contributed by atoms with Crippen LogP contribution in [0.2, 0.25) is 0 Å². The minimum absolute atomic E-state index is 0.0337. The van der Waals surface area contributed by atoms with Gasteiger partial charge in [-0.15, -0.1) is 0 Å². The normalized spacial score (nSPS) is 12.0. The molecule has 1 aromatic heterocycles. The summed E-state index contributed by atoms with van der Waals surface area (Å²) < 4.78 is 6.61. The van der Waals surface area contributed by atoms with E-state index in [-0.39, 0.29) is 10.8 Å². The maximum Gasteiger partial charge on any atom is 0.143 e. The molecule has 0 aliphatic rings. The molecule has 62 heavy (non-hydrogen) atoms. The number of furan rings is 1. The van der Waals surface area contributed by atoms with Gasteiger partial charge in [0, 0.05) is 33.2 Å². The lowest BCUT2D eigenvalue weighted by Crippen LogP contribution is -2.17. The standard InChI is InChI=1S/C60H51NO/c1-59(2,3)44-36-43(37-45(39-44)60(4,5)6)47-26-10-13-33-54(47)61(46-25-16-24-42(38-46)49-30-19-32-53-51-28-12-15-35-56(51)62-58(49)53)55-34-14-11-27-50(55)52-31-18-23-41-22-17-29-48(57(41)52)40-20-8-7-9-21-40/h7-39H,1-6H3. The molecule has 0 unspecified atom stereocenters. The van der Waals surface area contributed by atoms with E-state index in [9.17, 15) is 0 Å². The summed E-state index contributed by atoms with van der Waals surface area (Å²) in [5.74, 6) is 0. The van der Waals surface area contributed by atoms with Gasteiger partial charge in [0.2, 0.25) is 0 Å². The number of para-hydroxylation sites is 4. The maximum absolute atomic E-state index is 6.61. The lowest BCUT2D eigenvalue weighted by Gasteiger charge is -2.31. The second kappa shape index (κ2) is 15.4. The zero-order valence-corrected chi connectivity index (χ0v) is 36.4. The van der Waals surface area contributed by atoms with Crippen molar-refractivity contribution in [2.75, 3.05) is 4.90 Å². The highest BCUT2D eigenvalue weighted by molar-refractivity contribution is 6.11. The Balaban J connectivity index is 1.25. The summed E-state index contributed by atoms with van der Waals surface area (Å²) in [4.78, 5) is 2.48. The Morgan fingerprint density at radius 1 is 0.371 bits per heavy atom. The van der Waals surface area contributed by atoms with Crippen molar-refractivity contribution in [3.05, 3.63) is 211 Å². The molecular weight excluding hydrogens is 751 g/mol. The average molecular weight is 802 g/mol. The molecule has 2 heteroatoms. The first-order chi connectivity index (χ1) is 30.0. The Kier molecular flexibility index (Phi) is 9.68. The molecule has 0 radical (unpaired) electrons. The number of benzene rings is 9. The second-order valence-electron chi connectivity index (χ2n) is 18.6. The van der Waals surface area contributed by atoms with E-state index in [2.05, 4.69) is 241 Å². The summed E-state index contributed by atoms with van der Waals surface area (Å²) in [5, 5.41) is 4.69. The fourth-order valence-electron chi connectivity index (χ4n) is 9.08. The van der Waals surface area contributed by atoms with Gasteiger partial charge < -0.3 is 9.32 Å². The quantitative estimate of drug-likeness (QED) is 0.160. The summed E-state index contributed by atoms with van der Waals surface area (Å²) in [7, 11) is 0.